The monoisotopic (exact) mass is 317 g/mol. The average Bonchev–Trinajstić information content (AvgIpc) is 2.54. The van der Waals surface area contributed by atoms with Gasteiger partial charge in [0.05, 0.1) is 12.2 Å². The van der Waals surface area contributed by atoms with Gasteiger partial charge in [-0.05, 0) is 38.2 Å². The van der Waals surface area contributed by atoms with Crippen molar-refractivity contribution in [1.82, 2.24) is 19.8 Å². The lowest BCUT2D eigenvalue weighted by Crippen LogP contribution is -2.53. The summed E-state index contributed by atoms with van der Waals surface area (Å²) in [7, 11) is 0. The van der Waals surface area contributed by atoms with E-state index in [4.69, 9.17) is 5.73 Å². The number of carbonyl (C=O) groups excluding carboxylic acids is 2. The van der Waals surface area contributed by atoms with Crippen molar-refractivity contribution in [3.8, 4) is 0 Å². The van der Waals surface area contributed by atoms with Crippen molar-refractivity contribution >= 4 is 11.8 Å². The van der Waals surface area contributed by atoms with Gasteiger partial charge in [0, 0.05) is 25.8 Å². The molecule has 1 fully saturated rings. The SMILES string of the molecule is Cc1ncc2c(n1)CN(CC(=O)N1CCCC[C@H]1C(N)=O)CC2. The molecule has 1 saturated heterocycles. The predicted octanol–water partition coefficient (Wildman–Crippen LogP) is 0.00952. The molecule has 2 amide bonds. The number of likely N-dealkylation sites (tertiary alicyclic amines) is 1. The van der Waals surface area contributed by atoms with E-state index in [0.717, 1.165) is 42.9 Å². The van der Waals surface area contributed by atoms with E-state index in [1.807, 2.05) is 13.1 Å². The van der Waals surface area contributed by atoms with E-state index in [9.17, 15) is 9.59 Å². The van der Waals surface area contributed by atoms with Crippen LogP contribution in [0, 0.1) is 6.92 Å². The molecule has 7 nitrogen and oxygen atoms in total. The molecular formula is C16H23N5O2. The fourth-order valence-electron chi connectivity index (χ4n) is 3.40. The molecule has 2 aliphatic heterocycles. The fraction of sp³-hybridized carbons (Fsp3) is 0.625. The largest absolute Gasteiger partial charge is 0.368 e. The minimum absolute atomic E-state index is 0.0114. The lowest BCUT2D eigenvalue weighted by Gasteiger charge is -2.36. The molecule has 2 aliphatic rings. The van der Waals surface area contributed by atoms with Crippen LogP contribution >= 0.6 is 0 Å². The molecule has 2 N–H and O–H groups in total. The Morgan fingerprint density at radius 1 is 1.35 bits per heavy atom. The second-order valence-electron chi connectivity index (χ2n) is 6.35. The van der Waals surface area contributed by atoms with Crippen LogP contribution in [0.25, 0.3) is 0 Å². The van der Waals surface area contributed by atoms with Crippen molar-refractivity contribution in [1.29, 1.82) is 0 Å². The van der Waals surface area contributed by atoms with Crippen LogP contribution in [0.15, 0.2) is 6.20 Å². The Bertz CT molecular complexity index is 618. The normalized spacial score (nSPS) is 21.8. The van der Waals surface area contributed by atoms with Gasteiger partial charge in [0.2, 0.25) is 11.8 Å². The summed E-state index contributed by atoms with van der Waals surface area (Å²) in [6, 6.07) is -0.446. The van der Waals surface area contributed by atoms with Crippen LogP contribution < -0.4 is 5.73 Å². The van der Waals surface area contributed by atoms with Crippen molar-refractivity contribution in [3.63, 3.8) is 0 Å². The Hall–Kier alpha value is -2.02. The number of nitrogens with two attached hydrogens (primary N) is 1. The van der Waals surface area contributed by atoms with Crippen LogP contribution in [0.1, 0.15) is 36.3 Å². The highest BCUT2D eigenvalue weighted by atomic mass is 16.2. The van der Waals surface area contributed by atoms with Crippen LogP contribution in [0.4, 0.5) is 0 Å². The summed E-state index contributed by atoms with van der Waals surface area (Å²) in [6.45, 7) is 4.26. The lowest BCUT2D eigenvalue weighted by atomic mass is 10.0. The van der Waals surface area contributed by atoms with E-state index in [2.05, 4.69) is 14.9 Å². The molecule has 3 rings (SSSR count). The first-order valence-electron chi connectivity index (χ1n) is 8.17. The third kappa shape index (κ3) is 3.50. The first kappa shape index (κ1) is 15.9. The number of fused-ring (bicyclic) bond motifs is 1. The number of carbonyl (C=O) groups is 2. The molecule has 0 aliphatic carbocycles. The van der Waals surface area contributed by atoms with Gasteiger partial charge in [0.25, 0.3) is 0 Å². The van der Waals surface area contributed by atoms with Gasteiger partial charge in [0.15, 0.2) is 0 Å². The van der Waals surface area contributed by atoms with Gasteiger partial charge >= 0.3 is 0 Å². The van der Waals surface area contributed by atoms with Crippen LogP contribution in [0.2, 0.25) is 0 Å². The number of aryl methyl sites for hydroxylation is 1. The van der Waals surface area contributed by atoms with E-state index in [-0.39, 0.29) is 5.91 Å². The van der Waals surface area contributed by atoms with Gasteiger partial charge in [-0.15, -0.1) is 0 Å². The summed E-state index contributed by atoms with van der Waals surface area (Å²) in [5.41, 5.74) is 7.61. The molecule has 3 heterocycles. The minimum atomic E-state index is -0.446. The third-order valence-corrected chi connectivity index (χ3v) is 4.66. The van der Waals surface area contributed by atoms with Crippen LogP contribution in [-0.2, 0) is 22.6 Å². The second-order valence-corrected chi connectivity index (χ2v) is 6.35. The van der Waals surface area contributed by atoms with Gasteiger partial charge in [-0.3, -0.25) is 14.5 Å². The molecule has 0 radical (unpaired) electrons. The maximum Gasteiger partial charge on any atom is 0.240 e. The molecule has 1 atom stereocenters. The van der Waals surface area contributed by atoms with Crippen LogP contribution in [0.5, 0.6) is 0 Å². The Kier molecular flexibility index (Phi) is 4.56. The third-order valence-electron chi connectivity index (χ3n) is 4.66. The van der Waals surface area contributed by atoms with E-state index in [1.165, 1.54) is 0 Å². The van der Waals surface area contributed by atoms with Gasteiger partial charge in [-0.25, -0.2) is 9.97 Å². The number of aromatic nitrogens is 2. The summed E-state index contributed by atoms with van der Waals surface area (Å²) in [4.78, 5) is 36.6. The van der Waals surface area contributed by atoms with Gasteiger partial charge < -0.3 is 10.6 Å². The van der Waals surface area contributed by atoms with Gasteiger partial charge in [0.1, 0.15) is 11.9 Å². The number of primary amides is 1. The zero-order chi connectivity index (χ0) is 16.4. The van der Waals surface area contributed by atoms with Crippen LogP contribution in [-0.4, -0.2) is 57.3 Å². The molecule has 0 spiro atoms. The van der Waals surface area contributed by atoms with Crippen molar-refractivity contribution in [2.45, 2.75) is 45.2 Å². The summed E-state index contributed by atoms with van der Waals surface area (Å²) in [6.07, 6.45) is 5.29. The van der Waals surface area contributed by atoms with E-state index < -0.39 is 11.9 Å². The Morgan fingerprint density at radius 3 is 2.96 bits per heavy atom. The molecule has 0 unspecified atom stereocenters. The number of hydrogen-bond acceptors (Lipinski definition) is 5. The molecule has 124 valence electrons. The van der Waals surface area contributed by atoms with Crippen LogP contribution in [0.3, 0.4) is 0 Å². The molecule has 0 saturated carbocycles. The number of hydrogen-bond donors (Lipinski definition) is 1. The number of rotatable bonds is 3. The summed E-state index contributed by atoms with van der Waals surface area (Å²) >= 11 is 0. The van der Waals surface area contributed by atoms with Gasteiger partial charge in [-0.2, -0.15) is 0 Å². The predicted molar refractivity (Wildman–Crippen MR) is 84.3 cm³/mol. The standard InChI is InChI=1S/C16H23N5O2/c1-11-18-8-12-5-7-20(9-13(12)19-11)10-15(22)21-6-3-2-4-14(21)16(17)23/h8,14H,2-7,9-10H2,1H3,(H2,17,23)/t14-/m0/s1. The fourth-order valence-corrected chi connectivity index (χ4v) is 3.40. The Balaban J connectivity index is 1.65. The number of amides is 2. The highest BCUT2D eigenvalue weighted by molar-refractivity contribution is 5.87. The average molecular weight is 317 g/mol. The second kappa shape index (κ2) is 6.62. The first-order chi connectivity index (χ1) is 11.0. The molecule has 23 heavy (non-hydrogen) atoms. The molecular weight excluding hydrogens is 294 g/mol. The van der Waals surface area contributed by atoms with Crippen molar-refractivity contribution in [2.24, 2.45) is 5.73 Å². The topological polar surface area (TPSA) is 92.4 Å². The first-order valence-corrected chi connectivity index (χ1v) is 8.17. The zero-order valence-electron chi connectivity index (χ0n) is 13.5. The van der Waals surface area contributed by atoms with Crippen molar-refractivity contribution in [3.05, 3.63) is 23.3 Å². The minimum Gasteiger partial charge on any atom is -0.368 e. The summed E-state index contributed by atoms with van der Waals surface area (Å²) in [5, 5.41) is 0. The van der Waals surface area contributed by atoms with Crippen molar-refractivity contribution < 1.29 is 9.59 Å². The zero-order valence-corrected chi connectivity index (χ0v) is 13.5. The molecule has 0 aromatic carbocycles. The Labute approximate surface area is 135 Å². The quantitative estimate of drug-likeness (QED) is 0.848. The maximum atomic E-state index is 12.6. The lowest BCUT2D eigenvalue weighted by molar-refractivity contribution is -0.142. The molecule has 1 aromatic rings. The van der Waals surface area contributed by atoms with Crippen molar-refractivity contribution in [2.75, 3.05) is 19.6 Å². The number of nitrogens with zero attached hydrogens (tertiary/aromatic N) is 4. The molecule has 7 heteroatoms. The Morgan fingerprint density at radius 2 is 2.17 bits per heavy atom. The number of piperidine rings is 1. The maximum absolute atomic E-state index is 12.6. The smallest absolute Gasteiger partial charge is 0.240 e. The highest BCUT2D eigenvalue weighted by Crippen LogP contribution is 2.19. The molecule has 0 bridgehead atoms. The molecule has 1 aromatic heterocycles. The summed E-state index contributed by atoms with van der Waals surface area (Å²) in [5.74, 6) is 0.342. The van der Waals surface area contributed by atoms with E-state index in [0.29, 0.717) is 26.1 Å². The van der Waals surface area contributed by atoms with Gasteiger partial charge in [-0.1, -0.05) is 0 Å². The highest BCUT2D eigenvalue weighted by Gasteiger charge is 2.31. The summed E-state index contributed by atoms with van der Waals surface area (Å²) < 4.78 is 0. The van der Waals surface area contributed by atoms with E-state index in [1.54, 1.807) is 4.90 Å². The van der Waals surface area contributed by atoms with E-state index >= 15 is 0 Å².